The SMILES string of the molecule is COc1cc(N)c(Br)cc1C(F)(F)F. The van der Waals surface area contributed by atoms with Gasteiger partial charge in [-0.2, -0.15) is 13.2 Å². The quantitative estimate of drug-likeness (QED) is 0.796. The van der Waals surface area contributed by atoms with Crippen LogP contribution >= 0.6 is 15.9 Å². The van der Waals surface area contributed by atoms with Crippen molar-refractivity contribution in [2.24, 2.45) is 0 Å². The largest absolute Gasteiger partial charge is 0.496 e. The van der Waals surface area contributed by atoms with Gasteiger partial charge in [0.15, 0.2) is 0 Å². The molecule has 0 heterocycles. The number of alkyl halides is 3. The molecule has 0 saturated heterocycles. The summed E-state index contributed by atoms with van der Waals surface area (Å²) in [5, 5.41) is 0. The Labute approximate surface area is 87.0 Å². The van der Waals surface area contributed by atoms with Crippen molar-refractivity contribution in [2.45, 2.75) is 6.18 Å². The van der Waals surface area contributed by atoms with Gasteiger partial charge in [-0.05, 0) is 22.0 Å². The highest BCUT2D eigenvalue weighted by atomic mass is 79.9. The topological polar surface area (TPSA) is 35.2 Å². The molecule has 0 amide bonds. The van der Waals surface area contributed by atoms with Gasteiger partial charge in [0.1, 0.15) is 5.75 Å². The highest BCUT2D eigenvalue weighted by molar-refractivity contribution is 9.10. The van der Waals surface area contributed by atoms with E-state index in [0.717, 1.165) is 19.2 Å². The van der Waals surface area contributed by atoms with Crippen molar-refractivity contribution in [3.05, 3.63) is 22.2 Å². The third-order valence-electron chi connectivity index (χ3n) is 1.62. The van der Waals surface area contributed by atoms with Crippen LogP contribution in [0.3, 0.4) is 0 Å². The maximum Gasteiger partial charge on any atom is 0.420 e. The molecule has 1 aromatic carbocycles. The second-order valence-electron chi connectivity index (χ2n) is 2.57. The van der Waals surface area contributed by atoms with Crippen LogP contribution in [0.25, 0.3) is 0 Å². The van der Waals surface area contributed by atoms with Gasteiger partial charge >= 0.3 is 6.18 Å². The first kappa shape index (κ1) is 11.2. The summed E-state index contributed by atoms with van der Waals surface area (Å²) in [5.74, 6) is -0.279. The van der Waals surface area contributed by atoms with E-state index in [2.05, 4.69) is 20.7 Å². The molecule has 1 rings (SSSR count). The molecule has 0 aliphatic carbocycles. The Morgan fingerprint density at radius 1 is 1.36 bits per heavy atom. The number of ether oxygens (including phenoxy) is 1. The predicted molar refractivity (Wildman–Crippen MR) is 50.1 cm³/mol. The number of nitrogens with two attached hydrogens (primary N) is 1. The van der Waals surface area contributed by atoms with Crippen LogP contribution in [0.2, 0.25) is 0 Å². The van der Waals surface area contributed by atoms with Crippen molar-refractivity contribution in [1.29, 1.82) is 0 Å². The van der Waals surface area contributed by atoms with Gasteiger partial charge in [-0.1, -0.05) is 0 Å². The fraction of sp³-hybridized carbons (Fsp3) is 0.250. The Balaban J connectivity index is 3.35. The summed E-state index contributed by atoms with van der Waals surface area (Å²) in [4.78, 5) is 0. The molecule has 0 aliphatic rings. The van der Waals surface area contributed by atoms with Crippen molar-refractivity contribution in [3.8, 4) is 5.75 Å². The first-order valence-electron chi connectivity index (χ1n) is 3.56. The molecular formula is C8H7BrF3NO. The average molecular weight is 270 g/mol. The van der Waals surface area contributed by atoms with Gasteiger partial charge < -0.3 is 10.5 Å². The molecule has 0 atom stereocenters. The molecule has 0 aliphatic heterocycles. The summed E-state index contributed by atoms with van der Waals surface area (Å²) >= 11 is 2.92. The Morgan fingerprint density at radius 2 is 1.93 bits per heavy atom. The zero-order valence-electron chi connectivity index (χ0n) is 7.15. The maximum absolute atomic E-state index is 12.4. The average Bonchev–Trinajstić information content (AvgIpc) is 2.07. The Morgan fingerprint density at radius 3 is 2.36 bits per heavy atom. The van der Waals surface area contributed by atoms with Crippen molar-refractivity contribution < 1.29 is 17.9 Å². The van der Waals surface area contributed by atoms with Gasteiger partial charge in [0.05, 0.1) is 12.7 Å². The van der Waals surface area contributed by atoms with Gasteiger partial charge in [0.2, 0.25) is 0 Å². The van der Waals surface area contributed by atoms with Crippen LogP contribution in [0.4, 0.5) is 18.9 Å². The van der Waals surface area contributed by atoms with E-state index in [4.69, 9.17) is 5.73 Å². The Hall–Kier alpha value is -0.910. The minimum Gasteiger partial charge on any atom is -0.496 e. The number of benzene rings is 1. The summed E-state index contributed by atoms with van der Waals surface area (Å²) in [5.41, 5.74) is 4.77. The van der Waals surface area contributed by atoms with E-state index in [1.807, 2.05) is 0 Å². The second kappa shape index (κ2) is 3.68. The smallest absolute Gasteiger partial charge is 0.420 e. The molecule has 6 heteroatoms. The lowest BCUT2D eigenvalue weighted by Gasteiger charge is -2.13. The maximum atomic E-state index is 12.4. The van der Waals surface area contributed by atoms with Crippen molar-refractivity contribution in [2.75, 3.05) is 12.8 Å². The molecule has 0 unspecified atom stereocenters. The molecule has 0 aromatic heterocycles. The Bertz CT molecular complexity index is 351. The molecule has 2 N–H and O–H groups in total. The summed E-state index contributed by atoms with van der Waals surface area (Å²) in [7, 11) is 1.16. The van der Waals surface area contributed by atoms with Crippen LogP contribution in [0, 0.1) is 0 Å². The standard InChI is InChI=1S/C8H7BrF3NO/c1-14-7-3-6(13)5(9)2-4(7)8(10,11)12/h2-3H,13H2,1H3. The summed E-state index contributed by atoms with van der Waals surface area (Å²) < 4.78 is 42.0. The van der Waals surface area contributed by atoms with E-state index in [1.165, 1.54) is 0 Å². The molecular weight excluding hydrogens is 263 g/mol. The number of nitrogen functional groups attached to an aromatic ring is 1. The van der Waals surface area contributed by atoms with E-state index in [0.29, 0.717) is 0 Å². The van der Waals surface area contributed by atoms with Crippen molar-refractivity contribution >= 4 is 21.6 Å². The normalized spacial score (nSPS) is 11.5. The fourth-order valence-electron chi connectivity index (χ4n) is 0.960. The number of methoxy groups -OCH3 is 1. The first-order valence-corrected chi connectivity index (χ1v) is 4.35. The van der Waals surface area contributed by atoms with E-state index in [-0.39, 0.29) is 15.9 Å². The number of halogens is 4. The van der Waals surface area contributed by atoms with Crippen molar-refractivity contribution in [3.63, 3.8) is 0 Å². The zero-order valence-corrected chi connectivity index (χ0v) is 8.74. The van der Waals surface area contributed by atoms with E-state index in [9.17, 15) is 13.2 Å². The fourth-order valence-corrected chi connectivity index (χ4v) is 1.30. The van der Waals surface area contributed by atoms with Crippen LogP contribution in [-0.4, -0.2) is 7.11 Å². The molecule has 0 saturated carbocycles. The Kier molecular flexibility index (Phi) is 2.94. The van der Waals surface area contributed by atoms with Crippen LogP contribution in [-0.2, 0) is 6.18 Å². The van der Waals surface area contributed by atoms with Gasteiger partial charge in [-0.3, -0.25) is 0 Å². The summed E-state index contributed by atoms with van der Waals surface area (Å²) in [6, 6.07) is 2.03. The highest BCUT2D eigenvalue weighted by Crippen LogP contribution is 2.39. The lowest BCUT2D eigenvalue weighted by molar-refractivity contribution is -0.138. The van der Waals surface area contributed by atoms with E-state index in [1.54, 1.807) is 0 Å². The predicted octanol–water partition coefficient (Wildman–Crippen LogP) is 3.06. The van der Waals surface area contributed by atoms with Crippen LogP contribution < -0.4 is 10.5 Å². The van der Waals surface area contributed by atoms with Crippen LogP contribution in [0.15, 0.2) is 16.6 Å². The minimum atomic E-state index is -4.44. The molecule has 14 heavy (non-hydrogen) atoms. The number of rotatable bonds is 1. The molecule has 2 nitrogen and oxygen atoms in total. The third kappa shape index (κ3) is 2.12. The molecule has 78 valence electrons. The molecule has 0 spiro atoms. The van der Waals surface area contributed by atoms with Gasteiger partial charge in [-0.25, -0.2) is 0 Å². The number of anilines is 1. The molecule has 1 aromatic rings. The van der Waals surface area contributed by atoms with Crippen LogP contribution in [0.5, 0.6) is 5.75 Å². The number of hydrogen-bond donors (Lipinski definition) is 1. The van der Waals surface area contributed by atoms with Gasteiger partial charge in [0, 0.05) is 16.2 Å². The van der Waals surface area contributed by atoms with E-state index >= 15 is 0 Å². The highest BCUT2D eigenvalue weighted by Gasteiger charge is 2.34. The minimum absolute atomic E-state index is 0.200. The van der Waals surface area contributed by atoms with E-state index < -0.39 is 11.7 Å². The third-order valence-corrected chi connectivity index (χ3v) is 2.31. The van der Waals surface area contributed by atoms with Gasteiger partial charge in [0.25, 0.3) is 0 Å². The molecule has 0 fully saturated rings. The summed E-state index contributed by atoms with van der Waals surface area (Å²) in [6.45, 7) is 0. The molecule has 0 bridgehead atoms. The zero-order chi connectivity index (χ0) is 10.9. The lowest BCUT2D eigenvalue weighted by atomic mass is 10.2. The second-order valence-corrected chi connectivity index (χ2v) is 3.43. The van der Waals surface area contributed by atoms with Crippen LogP contribution in [0.1, 0.15) is 5.56 Å². The lowest BCUT2D eigenvalue weighted by Crippen LogP contribution is -2.08. The van der Waals surface area contributed by atoms with Crippen molar-refractivity contribution in [1.82, 2.24) is 0 Å². The number of hydrogen-bond acceptors (Lipinski definition) is 2. The van der Waals surface area contributed by atoms with Gasteiger partial charge in [-0.15, -0.1) is 0 Å². The summed E-state index contributed by atoms with van der Waals surface area (Å²) in [6.07, 6.45) is -4.44. The monoisotopic (exact) mass is 269 g/mol. The first-order chi connectivity index (χ1) is 6.36. The molecule has 0 radical (unpaired) electrons.